The fourth-order valence-corrected chi connectivity index (χ4v) is 3.80. The molecule has 1 aromatic heterocycles. The number of aryl methyl sites for hydroxylation is 1. The van der Waals surface area contributed by atoms with Crippen LogP contribution in [0.1, 0.15) is 11.1 Å². The lowest BCUT2D eigenvalue weighted by Gasteiger charge is -2.32. The molecule has 0 saturated carbocycles. The van der Waals surface area contributed by atoms with E-state index in [4.69, 9.17) is 11.6 Å². The van der Waals surface area contributed by atoms with Crippen LogP contribution < -0.4 is 10.2 Å². The third-order valence-corrected chi connectivity index (χ3v) is 5.25. The van der Waals surface area contributed by atoms with Crippen molar-refractivity contribution in [2.75, 3.05) is 23.7 Å². The summed E-state index contributed by atoms with van der Waals surface area (Å²) >= 11 is 7.54. The van der Waals surface area contributed by atoms with Gasteiger partial charge in [-0.2, -0.15) is 0 Å². The summed E-state index contributed by atoms with van der Waals surface area (Å²) in [4.78, 5) is 22.7. The molecule has 1 amide bonds. The molecule has 0 bridgehead atoms. The quantitative estimate of drug-likeness (QED) is 0.847. The van der Waals surface area contributed by atoms with Crippen LogP contribution in [0, 0.1) is 6.92 Å². The Morgan fingerprint density at radius 1 is 1.38 bits per heavy atom. The maximum atomic E-state index is 12.5. The van der Waals surface area contributed by atoms with E-state index in [9.17, 15) is 4.79 Å². The Morgan fingerprint density at radius 2 is 2.17 bits per heavy atom. The second kappa shape index (κ2) is 7.85. The zero-order valence-electron chi connectivity index (χ0n) is 13.4. The van der Waals surface area contributed by atoms with E-state index in [0.29, 0.717) is 13.1 Å². The fourth-order valence-electron chi connectivity index (χ4n) is 2.53. The molecule has 0 radical (unpaired) electrons. The molecular formula is C17H19ClN4OS. The van der Waals surface area contributed by atoms with E-state index in [0.717, 1.165) is 23.7 Å². The minimum atomic E-state index is -0.113. The van der Waals surface area contributed by atoms with Gasteiger partial charge in [-0.25, -0.2) is 9.97 Å². The molecule has 3 rings (SSSR count). The van der Waals surface area contributed by atoms with Crippen LogP contribution in [0.3, 0.4) is 0 Å². The average Bonchev–Trinajstić information content (AvgIpc) is 2.61. The van der Waals surface area contributed by atoms with Gasteiger partial charge in [0, 0.05) is 31.6 Å². The Hall–Kier alpha value is -1.79. The lowest BCUT2D eigenvalue weighted by Crippen LogP contribution is -2.45. The van der Waals surface area contributed by atoms with E-state index in [1.54, 1.807) is 18.0 Å². The molecule has 1 N–H and O–H groups in total. The Morgan fingerprint density at radius 3 is 2.92 bits per heavy atom. The molecule has 1 unspecified atom stereocenters. The van der Waals surface area contributed by atoms with Gasteiger partial charge in [0.15, 0.2) is 0 Å². The zero-order chi connectivity index (χ0) is 16.9. The monoisotopic (exact) mass is 362 g/mol. The zero-order valence-corrected chi connectivity index (χ0v) is 15.0. The van der Waals surface area contributed by atoms with E-state index >= 15 is 0 Å². The van der Waals surface area contributed by atoms with E-state index in [-0.39, 0.29) is 16.4 Å². The number of rotatable bonds is 4. The molecule has 1 aromatic carbocycles. The lowest BCUT2D eigenvalue weighted by atomic mass is 10.1. The summed E-state index contributed by atoms with van der Waals surface area (Å²) < 4.78 is 0. The highest BCUT2D eigenvalue weighted by Crippen LogP contribution is 2.23. The summed E-state index contributed by atoms with van der Waals surface area (Å²) in [6, 6.07) is 10.0. The Kier molecular flexibility index (Phi) is 5.58. The van der Waals surface area contributed by atoms with Gasteiger partial charge in [-0.1, -0.05) is 29.8 Å². The van der Waals surface area contributed by atoms with E-state index in [2.05, 4.69) is 39.2 Å². The molecule has 7 heteroatoms. The van der Waals surface area contributed by atoms with Crippen LogP contribution in [0.25, 0.3) is 0 Å². The average molecular weight is 363 g/mol. The van der Waals surface area contributed by atoms with E-state index in [1.165, 1.54) is 5.56 Å². The smallest absolute Gasteiger partial charge is 0.235 e. The van der Waals surface area contributed by atoms with Crippen molar-refractivity contribution in [3.05, 3.63) is 52.9 Å². The van der Waals surface area contributed by atoms with Crippen LogP contribution in [0.2, 0.25) is 5.28 Å². The molecule has 0 spiro atoms. The van der Waals surface area contributed by atoms with Crippen LogP contribution in [0.5, 0.6) is 0 Å². The largest absolute Gasteiger partial charge is 0.354 e. The molecule has 1 fully saturated rings. The molecule has 2 aromatic rings. The van der Waals surface area contributed by atoms with E-state index < -0.39 is 0 Å². The van der Waals surface area contributed by atoms with Gasteiger partial charge in [-0.15, -0.1) is 11.8 Å². The normalized spacial score (nSPS) is 17.6. The van der Waals surface area contributed by atoms with Gasteiger partial charge in [0.05, 0.1) is 0 Å². The van der Waals surface area contributed by atoms with Crippen LogP contribution in [0.15, 0.2) is 36.5 Å². The number of nitrogens with zero attached hydrogens (tertiary/aromatic N) is 3. The molecule has 1 atom stereocenters. The highest BCUT2D eigenvalue weighted by Gasteiger charge is 2.27. The minimum Gasteiger partial charge on any atom is -0.354 e. The number of aromatic nitrogens is 2. The maximum absolute atomic E-state index is 12.5. The molecule has 1 aliphatic rings. The van der Waals surface area contributed by atoms with Crippen molar-refractivity contribution in [3.8, 4) is 0 Å². The van der Waals surface area contributed by atoms with Gasteiger partial charge in [0.25, 0.3) is 0 Å². The van der Waals surface area contributed by atoms with Gasteiger partial charge in [-0.05, 0) is 30.2 Å². The number of thioether (sulfide) groups is 1. The topological polar surface area (TPSA) is 58.1 Å². The molecule has 24 heavy (non-hydrogen) atoms. The molecule has 5 nitrogen and oxygen atoms in total. The number of hydrogen-bond acceptors (Lipinski definition) is 5. The van der Waals surface area contributed by atoms with Gasteiger partial charge in [0.2, 0.25) is 11.2 Å². The highest BCUT2D eigenvalue weighted by atomic mass is 35.5. The summed E-state index contributed by atoms with van der Waals surface area (Å²) in [6.45, 7) is 4.07. The number of benzene rings is 1. The fraction of sp³-hybridized carbons (Fsp3) is 0.353. The number of halogens is 1. The van der Waals surface area contributed by atoms with Crippen molar-refractivity contribution in [3.63, 3.8) is 0 Å². The first-order valence-electron chi connectivity index (χ1n) is 7.80. The van der Waals surface area contributed by atoms with E-state index in [1.807, 2.05) is 18.2 Å². The van der Waals surface area contributed by atoms with Crippen molar-refractivity contribution in [2.45, 2.75) is 18.7 Å². The van der Waals surface area contributed by atoms with Gasteiger partial charge >= 0.3 is 0 Å². The SMILES string of the molecule is Cc1ccc(CNC(=O)C2CN(c3ccnc(Cl)n3)CCS2)cc1. The van der Waals surface area contributed by atoms with Crippen molar-refractivity contribution < 1.29 is 4.79 Å². The number of nitrogens with one attached hydrogen (secondary N) is 1. The van der Waals surface area contributed by atoms with Gasteiger partial charge < -0.3 is 10.2 Å². The minimum absolute atomic E-state index is 0.0606. The first-order chi connectivity index (χ1) is 11.6. The van der Waals surface area contributed by atoms with Crippen LogP contribution in [-0.2, 0) is 11.3 Å². The Labute approximate surface area is 150 Å². The summed E-state index contributed by atoms with van der Waals surface area (Å²) in [5, 5.41) is 3.14. The number of amides is 1. The molecule has 126 valence electrons. The third-order valence-electron chi connectivity index (χ3n) is 3.88. The highest BCUT2D eigenvalue weighted by molar-refractivity contribution is 8.00. The van der Waals surface area contributed by atoms with Crippen molar-refractivity contribution >= 4 is 35.1 Å². The van der Waals surface area contributed by atoms with Gasteiger partial charge in [-0.3, -0.25) is 4.79 Å². The predicted octanol–water partition coefficient (Wildman–Crippen LogP) is 2.68. The molecule has 1 saturated heterocycles. The number of hydrogen-bond donors (Lipinski definition) is 1. The van der Waals surface area contributed by atoms with Crippen molar-refractivity contribution in [2.24, 2.45) is 0 Å². The molecule has 1 aliphatic heterocycles. The molecule has 0 aliphatic carbocycles. The van der Waals surface area contributed by atoms with Crippen LogP contribution >= 0.6 is 23.4 Å². The first-order valence-corrected chi connectivity index (χ1v) is 9.23. The molecule has 2 heterocycles. The lowest BCUT2D eigenvalue weighted by molar-refractivity contribution is -0.120. The van der Waals surface area contributed by atoms with Crippen LogP contribution in [-0.4, -0.2) is 40.0 Å². The third kappa shape index (κ3) is 4.39. The Bertz CT molecular complexity index is 710. The van der Waals surface area contributed by atoms with Crippen molar-refractivity contribution in [1.29, 1.82) is 0 Å². The maximum Gasteiger partial charge on any atom is 0.235 e. The van der Waals surface area contributed by atoms with Crippen molar-refractivity contribution in [1.82, 2.24) is 15.3 Å². The predicted molar refractivity (Wildman–Crippen MR) is 98.5 cm³/mol. The first kappa shape index (κ1) is 17.0. The van der Waals surface area contributed by atoms with Gasteiger partial charge in [0.1, 0.15) is 11.1 Å². The summed E-state index contributed by atoms with van der Waals surface area (Å²) in [7, 11) is 0. The summed E-state index contributed by atoms with van der Waals surface area (Å²) in [5.41, 5.74) is 2.32. The standard InChI is InChI=1S/C17H19ClN4OS/c1-12-2-4-13(5-3-12)10-20-16(23)14-11-22(8-9-24-14)15-6-7-19-17(18)21-15/h2-7,14H,8-11H2,1H3,(H,20,23). The summed E-state index contributed by atoms with van der Waals surface area (Å²) in [5.74, 6) is 1.71. The number of carbonyl (C=O) groups is 1. The molecular weight excluding hydrogens is 344 g/mol. The number of anilines is 1. The second-order valence-corrected chi connectivity index (χ2v) is 7.34. The number of carbonyl (C=O) groups excluding carboxylic acids is 1. The Balaban J connectivity index is 1.57. The second-order valence-electron chi connectivity index (χ2n) is 5.69. The summed E-state index contributed by atoms with van der Waals surface area (Å²) in [6.07, 6.45) is 1.64. The van der Waals surface area contributed by atoms with Crippen LogP contribution in [0.4, 0.5) is 5.82 Å².